The number of para-hydroxylation sites is 1. The maximum absolute atomic E-state index is 9.60. The molecular weight excluding hydrogens is 412 g/mol. The maximum Gasteiger partial charge on any atom is 0.175 e. The van der Waals surface area contributed by atoms with Crippen LogP contribution in [0.4, 0.5) is 0 Å². The summed E-state index contributed by atoms with van der Waals surface area (Å²) in [6.45, 7) is 4.02. The number of aromatic nitrogens is 1. The SMILES string of the molecule is C=CCOc1c(Br)cc(/C=C(/C#N)c2nc3ccccc3s2)cc1OC. The molecule has 0 saturated heterocycles. The van der Waals surface area contributed by atoms with Crippen LogP contribution in [0.2, 0.25) is 0 Å². The van der Waals surface area contributed by atoms with Crippen molar-refractivity contribution >= 4 is 49.1 Å². The second-order valence-corrected chi connectivity index (χ2v) is 7.18. The molecule has 6 heteroatoms. The number of rotatable bonds is 6. The van der Waals surface area contributed by atoms with E-state index in [4.69, 9.17) is 9.47 Å². The smallest absolute Gasteiger partial charge is 0.175 e. The van der Waals surface area contributed by atoms with Gasteiger partial charge in [0.05, 0.1) is 27.4 Å². The average Bonchev–Trinajstić information content (AvgIpc) is 3.08. The highest BCUT2D eigenvalue weighted by Gasteiger charge is 2.13. The minimum Gasteiger partial charge on any atom is -0.493 e. The van der Waals surface area contributed by atoms with Crippen LogP contribution in [0.25, 0.3) is 21.9 Å². The zero-order valence-corrected chi connectivity index (χ0v) is 16.4. The first-order valence-electron chi connectivity index (χ1n) is 7.75. The minimum atomic E-state index is 0.374. The summed E-state index contributed by atoms with van der Waals surface area (Å²) in [5.74, 6) is 1.18. The van der Waals surface area contributed by atoms with Gasteiger partial charge in [-0.15, -0.1) is 11.3 Å². The van der Waals surface area contributed by atoms with Gasteiger partial charge in [0.15, 0.2) is 11.5 Å². The fourth-order valence-electron chi connectivity index (χ4n) is 2.40. The van der Waals surface area contributed by atoms with E-state index >= 15 is 0 Å². The van der Waals surface area contributed by atoms with Crippen molar-refractivity contribution in [3.63, 3.8) is 0 Å². The third-order valence-corrected chi connectivity index (χ3v) is 5.21. The fourth-order valence-corrected chi connectivity index (χ4v) is 3.91. The molecule has 0 fully saturated rings. The summed E-state index contributed by atoms with van der Waals surface area (Å²) in [6.07, 6.45) is 3.46. The van der Waals surface area contributed by atoms with Crippen molar-refractivity contribution in [2.45, 2.75) is 0 Å². The number of fused-ring (bicyclic) bond motifs is 1. The molecule has 3 aromatic rings. The number of hydrogen-bond acceptors (Lipinski definition) is 5. The van der Waals surface area contributed by atoms with E-state index in [0.717, 1.165) is 20.3 Å². The van der Waals surface area contributed by atoms with Gasteiger partial charge in [0.25, 0.3) is 0 Å². The van der Waals surface area contributed by atoms with Crippen molar-refractivity contribution in [2.24, 2.45) is 0 Å². The van der Waals surface area contributed by atoms with Gasteiger partial charge in [-0.3, -0.25) is 0 Å². The van der Waals surface area contributed by atoms with Crippen molar-refractivity contribution in [3.8, 4) is 17.6 Å². The molecule has 0 radical (unpaired) electrons. The molecule has 0 atom stereocenters. The Hall–Kier alpha value is -2.62. The van der Waals surface area contributed by atoms with Crippen molar-refractivity contribution in [3.05, 3.63) is 64.1 Å². The molecule has 1 aromatic heterocycles. The molecule has 0 amide bonds. The van der Waals surface area contributed by atoms with Crippen molar-refractivity contribution in [1.82, 2.24) is 4.98 Å². The highest BCUT2D eigenvalue weighted by atomic mass is 79.9. The number of nitriles is 1. The summed E-state index contributed by atoms with van der Waals surface area (Å²) in [5.41, 5.74) is 2.20. The fraction of sp³-hybridized carbons (Fsp3) is 0.100. The summed E-state index contributed by atoms with van der Waals surface area (Å²) in [4.78, 5) is 4.55. The molecule has 0 aliphatic carbocycles. The number of benzene rings is 2. The Labute approximate surface area is 164 Å². The van der Waals surface area contributed by atoms with Crippen LogP contribution in [-0.4, -0.2) is 18.7 Å². The highest BCUT2D eigenvalue weighted by molar-refractivity contribution is 9.10. The van der Waals surface area contributed by atoms with Gasteiger partial charge >= 0.3 is 0 Å². The zero-order chi connectivity index (χ0) is 18.5. The minimum absolute atomic E-state index is 0.374. The molecule has 0 bridgehead atoms. The van der Waals surface area contributed by atoms with Crippen LogP contribution in [0.3, 0.4) is 0 Å². The summed E-state index contributed by atoms with van der Waals surface area (Å²) < 4.78 is 12.8. The third-order valence-electron chi connectivity index (χ3n) is 3.55. The van der Waals surface area contributed by atoms with Gasteiger partial charge in [0, 0.05) is 0 Å². The summed E-state index contributed by atoms with van der Waals surface area (Å²) >= 11 is 5.00. The van der Waals surface area contributed by atoms with Gasteiger partial charge < -0.3 is 9.47 Å². The molecule has 0 spiro atoms. The number of allylic oxidation sites excluding steroid dienone is 1. The second kappa shape index (κ2) is 8.17. The first-order chi connectivity index (χ1) is 12.7. The number of methoxy groups -OCH3 is 1. The van der Waals surface area contributed by atoms with Crippen LogP contribution in [0.1, 0.15) is 10.6 Å². The number of halogens is 1. The lowest BCUT2D eigenvalue weighted by molar-refractivity contribution is 0.324. The Balaban J connectivity index is 2.02. The Bertz CT molecular complexity index is 1000. The molecule has 0 saturated carbocycles. The average molecular weight is 427 g/mol. The largest absolute Gasteiger partial charge is 0.493 e. The first kappa shape index (κ1) is 18.2. The van der Waals surface area contributed by atoms with Gasteiger partial charge in [-0.05, 0) is 51.8 Å². The molecular formula is C20H15BrN2O2S. The summed E-state index contributed by atoms with van der Waals surface area (Å²) in [5, 5.41) is 10.3. The predicted molar refractivity (Wildman–Crippen MR) is 109 cm³/mol. The standard InChI is InChI=1S/C20H15BrN2O2S/c1-3-8-25-19-15(21)10-13(11-17(19)24-2)9-14(12-22)20-23-16-6-4-5-7-18(16)26-20/h3-7,9-11H,1,8H2,2H3/b14-9-. The van der Waals surface area contributed by atoms with Gasteiger partial charge in [-0.2, -0.15) is 5.26 Å². The topological polar surface area (TPSA) is 55.1 Å². The van der Waals surface area contributed by atoms with Crippen LogP contribution in [0.5, 0.6) is 11.5 Å². The predicted octanol–water partition coefficient (Wildman–Crippen LogP) is 5.70. The van der Waals surface area contributed by atoms with Crippen molar-refractivity contribution in [1.29, 1.82) is 5.26 Å². The molecule has 3 rings (SSSR count). The second-order valence-electron chi connectivity index (χ2n) is 5.29. The molecule has 130 valence electrons. The summed E-state index contributed by atoms with van der Waals surface area (Å²) in [6, 6.07) is 13.8. The quantitative estimate of drug-likeness (QED) is 0.374. The Morgan fingerprint density at radius 3 is 2.88 bits per heavy atom. The van der Waals surface area contributed by atoms with Crippen LogP contribution in [0.15, 0.2) is 53.5 Å². The maximum atomic E-state index is 9.60. The van der Waals surface area contributed by atoms with Crippen molar-refractivity contribution in [2.75, 3.05) is 13.7 Å². The normalized spacial score (nSPS) is 11.2. The first-order valence-corrected chi connectivity index (χ1v) is 9.36. The van der Waals surface area contributed by atoms with E-state index in [1.807, 2.05) is 36.4 Å². The summed E-state index contributed by atoms with van der Waals surface area (Å²) in [7, 11) is 1.58. The number of ether oxygens (including phenoxy) is 2. The zero-order valence-electron chi connectivity index (χ0n) is 14.0. The monoisotopic (exact) mass is 426 g/mol. The molecule has 0 unspecified atom stereocenters. The van der Waals surface area contributed by atoms with E-state index in [1.54, 1.807) is 19.3 Å². The van der Waals surface area contributed by atoms with Crippen LogP contribution >= 0.6 is 27.3 Å². The molecule has 1 heterocycles. The van der Waals surface area contributed by atoms with E-state index in [0.29, 0.717) is 28.7 Å². The Kier molecular flexibility index (Phi) is 5.71. The van der Waals surface area contributed by atoms with Gasteiger partial charge in [-0.1, -0.05) is 24.8 Å². The van der Waals surface area contributed by atoms with Gasteiger partial charge in [0.1, 0.15) is 17.7 Å². The molecule has 0 N–H and O–H groups in total. The lowest BCUT2D eigenvalue weighted by Crippen LogP contribution is -1.97. The lowest BCUT2D eigenvalue weighted by Gasteiger charge is -2.12. The van der Waals surface area contributed by atoms with E-state index in [2.05, 4.69) is 33.6 Å². The third kappa shape index (κ3) is 3.79. The Morgan fingerprint density at radius 1 is 1.38 bits per heavy atom. The Morgan fingerprint density at radius 2 is 2.19 bits per heavy atom. The van der Waals surface area contributed by atoms with Crippen LogP contribution in [-0.2, 0) is 0 Å². The molecule has 4 nitrogen and oxygen atoms in total. The lowest BCUT2D eigenvalue weighted by atomic mass is 10.1. The highest BCUT2D eigenvalue weighted by Crippen LogP contribution is 2.38. The van der Waals surface area contributed by atoms with E-state index in [9.17, 15) is 5.26 Å². The van der Waals surface area contributed by atoms with Gasteiger partial charge in [0.2, 0.25) is 0 Å². The number of nitrogens with zero attached hydrogens (tertiary/aromatic N) is 2. The molecule has 26 heavy (non-hydrogen) atoms. The van der Waals surface area contributed by atoms with E-state index < -0.39 is 0 Å². The molecule has 0 aliphatic heterocycles. The number of thiazole rings is 1. The molecule has 2 aromatic carbocycles. The van der Waals surface area contributed by atoms with Crippen LogP contribution in [0, 0.1) is 11.3 Å². The van der Waals surface area contributed by atoms with E-state index in [1.165, 1.54) is 11.3 Å². The van der Waals surface area contributed by atoms with E-state index in [-0.39, 0.29) is 0 Å². The van der Waals surface area contributed by atoms with Crippen LogP contribution < -0.4 is 9.47 Å². The van der Waals surface area contributed by atoms with Gasteiger partial charge in [-0.25, -0.2) is 4.98 Å². The number of hydrogen-bond donors (Lipinski definition) is 0. The molecule has 0 aliphatic rings. The van der Waals surface area contributed by atoms with Crippen molar-refractivity contribution < 1.29 is 9.47 Å².